The van der Waals surface area contributed by atoms with Crippen molar-refractivity contribution in [1.82, 2.24) is 14.9 Å². The molecule has 3 aliphatic heterocycles. The minimum absolute atomic E-state index is 0. The molecule has 3 rings (SSSR count). The number of aliphatic carboxylic acids is 1. The molecule has 0 aromatic carbocycles. The normalized spacial score (nSPS) is 33.4. The predicted octanol–water partition coefficient (Wildman–Crippen LogP) is -2.43. The van der Waals surface area contributed by atoms with Crippen LogP contribution in [0.3, 0.4) is 0 Å². The summed E-state index contributed by atoms with van der Waals surface area (Å²) < 4.78 is 24.3. The number of hydrogen-bond donors (Lipinski definition) is 5. The second-order valence-electron chi connectivity index (χ2n) is 7.25. The highest BCUT2D eigenvalue weighted by Crippen LogP contribution is 2.51. The zero-order valence-electron chi connectivity index (χ0n) is 15.5. The molecule has 0 bridgehead atoms. The highest BCUT2D eigenvalue weighted by molar-refractivity contribution is 8.03. The van der Waals surface area contributed by atoms with E-state index in [1.807, 2.05) is 6.92 Å². The van der Waals surface area contributed by atoms with Crippen molar-refractivity contribution in [2.24, 2.45) is 17.0 Å². The molecule has 0 saturated carbocycles. The smallest absolute Gasteiger partial charge is 0.353 e. The summed E-state index contributed by atoms with van der Waals surface area (Å²) in [5.41, 5.74) is 0.00510. The molecule has 1 amide bonds. The zero-order chi connectivity index (χ0) is 20.1. The van der Waals surface area contributed by atoms with Crippen LogP contribution in [-0.4, -0.2) is 77.4 Å². The van der Waals surface area contributed by atoms with Crippen LogP contribution in [0.15, 0.2) is 10.6 Å². The molecule has 11 nitrogen and oxygen atoms in total. The minimum Gasteiger partial charge on any atom is -0.477 e. The van der Waals surface area contributed by atoms with Crippen molar-refractivity contribution in [3.63, 3.8) is 0 Å². The van der Waals surface area contributed by atoms with Crippen LogP contribution in [0.2, 0.25) is 0 Å². The number of aliphatic hydroxyl groups is 1. The van der Waals surface area contributed by atoms with Crippen molar-refractivity contribution < 1.29 is 33.7 Å². The van der Waals surface area contributed by atoms with Gasteiger partial charge in [-0.05, 0) is 13.3 Å². The topological polar surface area (TPSA) is 194 Å². The van der Waals surface area contributed by atoms with Crippen molar-refractivity contribution in [2.75, 3.05) is 13.1 Å². The molecular weight excluding hydrogens is 412 g/mol. The van der Waals surface area contributed by atoms with Gasteiger partial charge in [0, 0.05) is 35.2 Å². The van der Waals surface area contributed by atoms with Gasteiger partial charge in [0.15, 0.2) is 0 Å². The van der Waals surface area contributed by atoms with Gasteiger partial charge in [-0.1, -0.05) is 6.92 Å². The second-order valence-corrected chi connectivity index (χ2v) is 9.97. The summed E-state index contributed by atoms with van der Waals surface area (Å²) in [4.78, 5) is 26.1. The van der Waals surface area contributed by atoms with Gasteiger partial charge in [0.2, 0.25) is 5.91 Å². The summed E-state index contributed by atoms with van der Waals surface area (Å²) in [6, 6.07) is -0.435. The molecule has 0 spiro atoms. The van der Waals surface area contributed by atoms with E-state index in [9.17, 15) is 28.2 Å². The van der Waals surface area contributed by atoms with E-state index in [0.29, 0.717) is 17.9 Å². The van der Waals surface area contributed by atoms with Gasteiger partial charge in [0.1, 0.15) is 5.70 Å². The first-order valence-corrected chi connectivity index (χ1v) is 11.1. The summed E-state index contributed by atoms with van der Waals surface area (Å²) in [5, 5.41) is 27.7. The molecule has 2 fully saturated rings. The molecule has 0 aromatic rings. The molecule has 0 radical (unpaired) electrons. The summed E-state index contributed by atoms with van der Waals surface area (Å²) in [5.74, 6) is -2.27. The highest BCUT2D eigenvalue weighted by atomic mass is 32.2. The number of amides is 1. The number of β-lactam (4-membered cyclic amide) rings is 1. The predicted molar refractivity (Wildman–Crippen MR) is 102 cm³/mol. The van der Waals surface area contributed by atoms with Crippen molar-refractivity contribution in [3.8, 4) is 0 Å². The molecular formula is C15H26N4O7S2. The number of fused-ring (bicyclic) bond motifs is 1. The quantitative estimate of drug-likeness (QED) is 0.271. The van der Waals surface area contributed by atoms with Crippen LogP contribution in [0.1, 0.15) is 20.3 Å². The van der Waals surface area contributed by atoms with Crippen LogP contribution in [-0.2, 0) is 19.8 Å². The summed E-state index contributed by atoms with van der Waals surface area (Å²) >= 11 is 1.41. The molecule has 160 valence electrons. The lowest BCUT2D eigenvalue weighted by Gasteiger charge is -2.46. The fourth-order valence-corrected chi connectivity index (χ4v) is 6.05. The maximum Gasteiger partial charge on any atom is 0.353 e. The van der Waals surface area contributed by atoms with E-state index in [2.05, 4.69) is 10.0 Å². The number of aliphatic hydroxyl groups excluding tert-OH is 1. The number of nitrogens with one attached hydrogen (secondary N) is 2. The maximum absolute atomic E-state index is 12.3. The lowest BCUT2D eigenvalue weighted by atomic mass is 9.79. The lowest BCUT2D eigenvalue weighted by molar-refractivity contribution is -0.163. The Labute approximate surface area is 167 Å². The van der Waals surface area contributed by atoms with Gasteiger partial charge in [-0.3, -0.25) is 4.79 Å². The first kappa shape index (κ1) is 23.1. The number of carboxylic acid groups (broad SMARTS) is 1. The number of carbonyl (C=O) groups is 2. The standard InChI is InChI=1S/C15H24N4O6S2.H2O/c1-6-11-10(7(2)20)14(21)19(11)12(15(22)23)13(6)26-9-3-8(17-5-9)4-18-27(16,24)25;/h6-11,17-18,20H,3-5H2,1-2H3,(H,22,23)(H2,16,24,25);1H2/t6-,7-,8+,9?,10-,11-;/m1./s1. The molecule has 28 heavy (non-hydrogen) atoms. The number of carboxylic acids is 1. The minimum atomic E-state index is -3.76. The van der Waals surface area contributed by atoms with Crippen molar-refractivity contribution in [1.29, 1.82) is 0 Å². The molecule has 6 atom stereocenters. The fourth-order valence-electron chi connectivity index (χ4n) is 4.10. The number of thioether (sulfide) groups is 1. The van der Waals surface area contributed by atoms with Crippen LogP contribution in [0.25, 0.3) is 0 Å². The Hall–Kier alpha value is -1.22. The molecule has 2 saturated heterocycles. The van der Waals surface area contributed by atoms with Gasteiger partial charge >= 0.3 is 5.97 Å². The Morgan fingerprint density at radius 1 is 1.50 bits per heavy atom. The third kappa shape index (κ3) is 4.20. The molecule has 1 unspecified atom stereocenters. The van der Waals surface area contributed by atoms with Crippen LogP contribution >= 0.6 is 11.8 Å². The van der Waals surface area contributed by atoms with Gasteiger partial charge in [0.05, 0.1) is 18.1 Å². The summed E-state index contributed by atoms with van der Waals surface area (Å²) in [7, 11) is -3.76. The molecule has 8 N–H and O–H groups in total. The van der Waals surface area contributed by atoms with Gasteiger partial charge < -0.3 is 25.9 Å². The van der Waals surface area contributed by atoms with E-state index in [4.69, 9.17) is 5.14 Å². The number of rotatable bonds is 7. The summed E-state index contributed by atoms with van der Waals surface area (Å²) in [6.45, 7) is 4.17. The van der Waals surface area contributed by atoms with Gasteiger partial charge in [0.25, 0.3) is 10.2 Å². The van der Waals surface area contributed by atoms with Crippen LogP contribution in [0.5, 0.6) is 0 Å². The van der Waals surface area contributed by atoms with Crippen LogP contribution in [0, 0.1) is 11.8 Å². The van der Waals surface area contributed by atoms with E-state index in [0.717, 1.165) is 0 Å². The average Bonchev–Trinajstić information content (AvgIpc) is 3.07. The third-order valence-corrected chi connectivity index (χ3v) is 7.40. The molecule has 0 aliphatic carbocycles. The maximum atomic E-state index is 12.3. The molecule has 13 heteroatoms. The highest BCUT2D eigenvalue weighted by Gasteiger charge is 2.60. The van der Waals surface area contributed by atoms with Crippen molar-refractivity contribution >= 4 is 33.8 Å². The van der Waals surface area contributed by atoms with Crippen LogP contribution in [0.4, 0.5) is 0 Å². The Morgan fingerprint density at radius 3 is 2.68 bits per heavy atom. The Balaban J connectivity index is 0.00000280. The monoisotopic (exact) mass is 438 g/mol. The van der Waals surface area contributed by atoms with Gasteiger partial charge in [-0.15, -0.1) is 11.8 Å². The Kier molecular flexibility index (Phi) is 6.80. The van der Waals surface area contributed by atoms with E-state index >= 15 is 0 Å². The number of hydrogen-bond acceptors (Lipinski definition) is 7. The average molecular weight is 439 g/mol. The number of carbonyl (C=O) groups excluding carboxylic acids is 1. The second kappa shape index (κ2) is 8.26. The number of nitrogens with zero attached hydrogens (tertiary/aromatic N) is 1. The van der Waals surface area contributed by atoms with Crippen molar-refractivity contribution in [3.05, 3.63) is 10.6 Å². The lowest BCUT2D eigenvalue weighted by Crippen LogP contribution is -2.63. The largest absolute Gasteiger partial charge is 0.477 e. The first-order valence-electron chi connectivity index (χ1n) is 8.67. The molecule has 3 aliphatic rings. The van der Waals surface area contributed by atoms with Crippen LogP contribution < -0.4 is 15.2 Å². The molecule has 3 heterocycles. The number of nitrogens with two attached hydrogens (primary N) is 1. The zero-order valence-corrected chi connectivity index (χ0v) is 17.1. The molecule has 0 aromatic heterocycles. The van der Waals surface area contributed by atoms with E-state index in [1.54, 1.807) is 6.92 Å². The van der Waals surface area contributed by atoms with E-state index < -0.39 is 28.2 Å². The first-order chi connectivity index (χ1) is 12.5. The fraction of sp³-hybridized carbons (Fsp3) is 0.733. The SMILES string of the molecule is C[C@@H](O)[C@H]1C(=O)N2C(C(=O)O)=C(SC3CN[C@H](CNS(N)(=O)=O)C3)[C@H](C)[C@H]12.O. The Morgan fingerprint density at radius 2 is 2.14 bits per heavy atom. The van der Waals surface area contributed by atoms with Gasteiger partial charge in [-0.2, -0.15) is 8.42 Å². The van der Waals surface area contributed by atoms with E-state index in [1.165, 1.54) is 16.7 Å². The third-order valence-electron chi connectivity index (χ3n) is 5.32. The van der Waals surface area contributed by atoms with Gasteiger partial charge in [-0.25, -0.2) is 14.7 Å². The van der Waals surface area contributed by atoms with Crippen molar-refractivity contribution in [2.45, 2.75) is 43.7 Å². The summed E-state index contributed by atoms with van der Waals surface area (Å²) in [6.07, 6.45) is -0.197. The van der Waals surface area contributed by atoms with E-state index in [-0.39, 0.29) is 46.9 Å². The Bertz CT molecular complexity index is 785.